The van der Waals surface area contributed by atoms with E-state index in [4.69, 9.17) is 9.47 Å². The Kier molecular flexibility index (Phi) is 6.93. The predicted octanol–water partition coefficient (Wildman–Crippen LogP) is 5.30. The van der Waals surface area contributed by atoms with E-state index in [0.717, 1.165) is 21.0 Å². The van der Waals surface area contributed by atoms with Crippen molar-refractivity contribution in [1.82, 2.24) is 5.32 Å². The smallest absolute Gasteiger partial charge is 0.258 e. The maximum absolute atomic E-state index is 12.1. The summed E-state index contributed by atoms with van der Waals surface area (Å²) in [5.41, 5.74) is 1.17. The van der Waals surface area contributed by atoms with Gasteiger partial charge in [-0.25, -0.2) is 0 Å². The van der Waals surface area contributed by atoms with Crippen molar-refractivity contribution in [1.29, 1.82) is 0 Å². The lowest BCUT2D eigenvalue weighted by atomic mass is 10.0. The lowest BCUT2D eigenvalue weighted by Gasteiger charge is -2.14. The highest BCUT2D eigenvalue weighted by Crippen LogP contribution is 2.33. The monoisotopic (exact) mass is 441 g/mol. The predicted molar refractivity (Wildman–Crippen MR) is 116 cm³/mol. The summed E-state index contributed by atoms with van der Waals surface area (Å²) >= 11 is 3.56. The molecule has 0 radical (unpaired) electrons. The Morgan fingerprint density at radius 1 is 0.964 bits per heavy atom. The number of hydrogen-bond donors (Lipinski definition) is 1. The van der Waals surface area contributed by atoms with Crippen LogP contribution in [-0.4, -0.2) is 25.7 Å². The molecule has 1 amide bonds. The van der Waals surface area contributed by atoms with E-state index in [1.165, 1.54) is 5.56 Å². The van der Waals surface area contributed by atoms with Crippen molar-refractivity contribution in [3.8, 4) is 11.5 Å². The van der Waals surface area contributed by atoms with E-state index in [0.29, 0.717) is 24.8 Å². The van der Waals surface area contributed by atoms with Crippen molar-refractivity contribution in [3.05, 3.63) is 70.7 Å². The Morgan fingerprint density at radius 2 is 1.71 bits per heavy atom. The van der Waals surface area contributed by atoms with Crippen LogP contribution in [0.5, 0.6) is 11.5 Å². The van der Waals surface area contributed by atoms with E-state index in [1.54, 1.807) is 0 Å². The van der Waals surface area contributed by atoms with E-state index in [9.17, 15) is 4.79 Å². The van der Waals surface area contributed by atoms with Crippen LogP contribution in [0.1, 0.15) is 25.3 Å². The first-order chi connectivity index (χ1) is 13.6. The fraction of sp³-hybridized carbons (Fsp3) is 0.261. The highest BCUT2D eigenvalue weighted by Gasteiger charge is 2.09. The fourth-order valence-electron chi connectivity index (χ4n) is 2.96. The Bertz CT molecular complexity index is 955. The molecule has 0 unspecified atom stereocenters. The number of amides is 1. The molecule has 0 saturated heterocycles. The van der Waals surface area contributed by atoms with Gasteiger partial charge in [0.15, 0.2) is 6.61 Å². The van der Waals surface area contributed by atoms with E-state index >= 15 is 0 Å². The lowest BCUT2D eigenvalue weighted by molar-refractivity contribution is -0.123. The van der Waals surface area contributed by atoms with Gasteiger partial charge in [0.25, 0.3) is 5.91 Å². The number of carbonyl (C=O) groups excluding carboxylic acids is 1. The summed E-state index contributed by atoms with van der Waals surface area (Å²) < 4.78 is 12.3. The van der Waals surface area contributed by atoms with Crippen LogP contribution < -0.4 is 14.8 Å². The number of fused-ring (bicyclic) bond motifs is 1. The zero-order chi connectivity index (χ0) is 19.9. The minimum Gasteiger partial charge on any atom is -0.491 e. The summed E-state index contributed by atoms with van der Waals surface area (Å²) in [6, 6.07) is 19.8. The third-order valence-electron chi connectivity index (χ3n) is 4.41. The number of hydrogen-bond acceptors (Lipinski definition) is 3. The zero-order valence-corrected chi connectivity index (χ0v) is 17.7. The van der Waals surface area contributed by atoms with Crippen molar-refractivity contribution in [2.45, 2.75) is 19.8 Å². The Labute approximate surface area is 174 Å². The van der Waals surface area contributed by atoms with Gasteiger partial charge in [-0.3, -0.25) is 4.79 Å². The van der Waals surface area contributed by atoms with Gasteiger partial charge in [0.1, 0.15) is 18.1 Å². The normalized spacial score (nSPS) is 10.9. The van der Waals surface area contributed by atoms with Crippen LogP contribution >= 0.6 is 15.9 Å². The summed E-state index contributed by atoms with van der Waals surface area (Å²) in [5.74, 6) is 1.72. The minimum absolute atomic E-state index is 0.0421. The molecule has 0 spiro atoms. The molecule has 3 aromatic carbocycles. The second-order valence-electron chi connectivity index (χ2n) is 6.78. The van der Waals surface area contributed by atoms with Crippen LogP contribution in [0.2, 0.25) is 0 Å². The van der Waals surface area contributed by atoms with Crippen LogP contribution in [0, 0.1) is 0 Å². The van der Waals surface area contributed by atoms with Gasteiger partial charge in [0.05, 0.1) is 11.0 Å². The second-order valence-corrected chi connectivity index (χ2v) is 7.57. The van der Waals surface area contributed by atoms with Crippen molar-refractivity contribution in [2.24, 2.45) is 0 Å². The average molecular weight is 442 g/mol. The van der Waals surface area contributed by atoms with Gasteiger partial charge in [-0.2, -0.15) is 0 Å². The van der Waals surface area contributed by atoms with Gasteiger partial charge >= 0.3 is 0 Å². The quantitative estimate of drug-likeness (QED) is 0.482. The zero-order valence-electron chi connectivity index (χ0n) is 16.1. The summed E-state index contributed by atoms with van der Waals surface area (Å²) in [6.45, 7) is 5.06. The molecule has 1 N–H and O–H groups in total. The number of para-hydroxylation sites is 1. The molecule has 0 aliphatic carbocycles. The third kappa shape index (κ3) is 5.04. The molecular formula is C23H24BrNO3. The Hall–Kier alpha value is -2.53. The van der Waals surface area contributed by atoms with Crippen LogP contribution in [0.3, 0.4) is 0 Å². The highest BCUT2D eigenvalue weighted by atomic mass is 79.9. The molecule has 0 aliphatic rings. The minimum atomic E-state index is -0.180. The molecule has 28 heavy (non-hydrogen) atoms. The molecule has 0 aliphatic heterocycles. The van der Waals surface area contributed by atoms with E-state index in [2.05, 4.69) is 41.2 Å². The highest BCUT2D eigenvalue weighted by molar-refractivity contribution is 9.10. The van der Waals surface area contributed by atoms with Crippen molar-refractivity contribution in [2.75, 3.05) is 19.8 Å². The first-order valence-corrected chi connectivity index (χ1v) is 10.1. The van der Waals surface area contributed by atoms with Crippen molar-refractivity contribution in [3.63, 3.8) is 0 Å². The van der Waals surface area contributed by atoms with Gasteiger partial charge in [-0.1, -0.05) is 62.4 Å². The first-order valence-electron chi connectivity index (χ1n) is 9.34. The Morgan fingerprint density at radius 3 is 2.54 bits per heavy atom. The maximum Gasteiger partial charge on any atom is 0.258 e. The fourth-order valence-corrected chi connectivity index (χ4v) is 3.57. The number of rotatable bonds is 8. The van der Waals surface area contributed by atoms with Crippen molar-refractivity contribution < 1.29 is 14.3 Å². The van der Waals surface area contributed by atoms with Crippen molar-refractivity contribution >= 4 is 32.6 Å². The van der Waals surface area contributed by atoms with Crippen LogP contribution in [0.15, 0.2) is 65.1 Å². The summed E-state index contributed by atoms with van der Waals surface area (Å²) in [6.07, 6.45) is 0. The molecule has 3 aromatic rings. The molecule has 0 bridgehead atoms. The molecular weight excluding hydrogens is 418 g/mol. The molecule has 0 atom stereocenters. The van der Waals surface area contributed by atoms with E-state index < -0.39 is 0 Å². The van der Waals surface area contributed by atoms with Gasteiger partial charge < -0.3 is 14.8 Å². The number of carbonyl (C=O) groups is 1. The molecule has 0 heterocycles. The number of benzene rings is 3. The number of halogens is 1. The molecule has 0 aromatic heterocycles. The van der Waals surface area contributed by atoms with Crippen LogP contribution in [0.25, 0.3) is 10.8 Å². The van der Waals surface area contributed by atoms with Crippen LogP contribution in [-0.2, 0) is 4.79 Å². The standard InChI is InChI=1S/C23H24BrNO3/c1-16(2)18-8-5-6-10-20(18)27-14-13-25-22(26)15-28-21-12-11-17-7-3-4-9-19(17)23(21)24/h3-12,16H,13-15H2,1-2H3,(H,25,26). The summed E-state index contributed by atoms with van der Waals surface area (Å²) in [5, 5.41) is 4.99. The Balaban J connectivity index is 1.46. The van der Waals surface area contributed by atoms with Gasteiger partial charge in [-0.15, -0.1) is 0 Å². The van der Waals surface area contributed by atoms with E-state index in [-0.39, 0.29) is 12.5 Å². The number of nitrogens with one attached hydrogen (secondary N) is 1. The largest absolute Gasteiger partial charge is 0.491 e. The summed E-state index contributed by atoms with van der Waals surface area (Å²) in [4.78, 5) is 12.1. The third-order valence-corrected chi connectivity index (χ3v) is 5.23. The molecule has 146 valence electrons. The molecule has 5 heteroatoms. The van der Waals surface area contributed by atoms with Crippen LogP contribution in [0.4, 0.5) is 0 Å². The van der Waals surface area contributed by atoms with E-state index in [1.807, 2.05) is 54.6 Å². The second kappa shape index (κ2) is 9.60. The average Bonchev–Trinajstić information content (AvgIpc) is 2.71. The SMILES string of the molecule is CC(C)c1ccccc1OCCNC(=O)COc1ccc2ccccc2c1Br. The first kappa shape index (κ1) is 20.2. The molecule has 3 rings (SSSR count). The molecule has 0 saturated carbocycles. The van der Waals surface area contributed by atoms with Gasteiger partial charge in [0.2, 0.25) is 0 Å². The van der Waals surface area contributed by atoms with Gasteiger partial charge in [0, 0.05) is 0 Å². The topological polar surface area (TPSA) is 47.6 Å². The van der Waals surface area contributed by atoms with Gasteiger partial charge in [-0.05, 0) is 50.3 Å². The lowest BCUT2D eigenvalue weighted by Crippen LogP contribution is -2.32. The maximum atomic E-state index is 12.1. The molecule has 4 nitrogen and oxygen atoms in total. The molecule has 0 fully saturated rings. The number of ether oxygens (including phenoxy) is 2. The summed E-state index contributed by atoms with van der Waals surface area (Å²) in [7, 11) is 0.